The largest absolute Gasteiger partial charge is 0.370 e. The van der Waals surface area contributed by atoms with E-state index in [1.807, 2.05) is 31.2 Å². The number of anilines is 1. The molecule has 0 atom stereocenters. The molecule has 0 saturated carbocycles. The monoisotopic (exact) mass is 270 g/mol. The molecule has 0 unspecified atom stereocenters. The van der Waals surface area contributed by atoms with Gasteiger partial charge in [-0.15, -0.1) is 0 Å². The van der Waals surface area contributed by atoms with Gasteiger partial charge < -0.3 is 5.32 Å². The lowest BCUT2D eigenvalue weighted by atomic mass is 10.2. The minimum absolute atomic E-state index is 0.881. The van der Waals surface area contributed by atoms with Gasteiger partial charge in [0, 0.05) is 24.7 Å². The maximum absolute atomic E-state index is 4.63. The third-order valence-electron chi connectivity index (χ3n) is 2.95. The summed E-state index contributed by atoms with van der Waals surface area (Å²) in [6.45, 7) is 7.20. The van der Waals surface area contributed by atoms with Crippen molar-refractivity contribution in [1.29, 1.82) is 0 Å². The van der Waals surface area contributed by atoms with Crippen LogP contribution in [0.2, 0.25) is 0 Å². The minimum atomic E-state index is 0.881. The minimum Gasteiger partial charge on any atom is -0.370 e. The first-order valence-corrected chi connectivity index (χ1v) is 7.28. The summed E-state index contributed by atoms with van der Waals surface area (Å²) in [5.41, 5.74) is 2.80. The number of nitrogens with one attached hydrogen (secondary N) is 1. The van der Waals surface area contributed by atoms with Gasteiger partial charge >= 0.3 is 0 Å². The first kappa shape index (κ1) is 14.4. The maximum Gasteiger partial charge on any atom is 0.131 e. The van der Waals surface area contributed by atoms with Crippen molar-refractivity contribution >= 4 is 5.82 Å². The van der Waals surface area contributed by atoms with Crippen LogP contribution in [-0.2, 0) is 6.42 Å². The lowest BCUT2D eigenvalue weighted by Crippen LogP contribution is -2.06. The average Bonchev–Trinajstić information content (AvgIpc) is 2.45. The van der Waals surface area contributed by atoms with Gasteiger partial charge in [-0.25, -0.2) is 9.97 Å². The van der Waals surface area contributed by atoms with Crippen LogP contribution in [0.5, 0.6) is 0 Å². The normalized spacial score (nSPS) is 10.6. The van der Waals surface area contributed by atoms with Gasteiger partial charge in [-0.2, -0.15) is 0 Å². The first-order valence-electron chi connectivity index (χ1n) is 7.28. The van der Waals surface area contributed by atoms with Crippen LogP contribution in [0, 0.1) is 6.92 Å². The second-order valence-electron chi connectivity index (χ2n) is 4.90. The second-order valence-corrected chi connectivity index (χ2v) is 4.90. The van der Waals surface area contributed by atoms with Gasteiger partial charge in [0.05, 0.1) is 11.4 Å². The molecule has 4 nitrogen and oxygen atoms in total. The highest BCUT2D eigenvalue weighted by molar-refractivity contribution is 5.58. The summed E-state index contributed by atoms with van der Waals surface area (Å²) in [5.74, 6) is 1.77. The number of aryl methyl sites for hydroxylation is 2. The van der Waals surface area contributed by atoms with E-state index in [1.165, 1.54) is 0 Å². The summed E-state index contributed by atoms with van der Waals surface area (Å²) in [5, 5.41) is 3.34. The van der Waals surface area contributed by atoms with Gasteiger partial charge in [0.1, 0.15) is 11.6 Å². The Morgan fingerprint density at radius 3 is 2.55 bits per heavy atom. The predicted molar refractivity (Wildman–Crippen MR) is 82.8 cm³/mol. The molecule has 0 radical (unpaired) electrons. The van der Waals surface area contributed by atoms with Crippen LogP contribution in [0.3, 0.4) is 0 Å². The lowest BCUT2D eigenvalue weighted by molar-refractivity contribution is 0.833. The summed E-state index contributed by atoms with van der Waals surface area (Å²) in [4.78, 5) is 13.7. The molecule has 2 aromatic heterocycles. The van der Waals surface area contributed by atoms with E-state index in [1.54, 1.807) is 0 Å². The van der Waals surface area contributed by atoms with E-state index in [2.05, 4.69) is 34.1 Å². The van der Waals surface area contributed by atoms with Crippen LogP contribution >= 0.6 is 0 Å². The van der Waals surface area contributed by atoms with E-state index in [-0.39, 0.29) is 0 Å². The Labute approximate surface area is 120 Å². The van der Waals surface area contributed by atoms with Crippen molar-refractivity contribution < 1.29 is 0 Å². The van der Waals surface area contributed by atoms with E-state index in [0.29, 0.717) is 0 Å². The van der Waals surface area contributed by atoms with E-state index < -0.39 is 0 Å². The molecular weight excluding hydrogens is 248 g/mol. The van der Waals surface area contributed by atoms with E-state index in [0.717, 1.165) is 54.5 Å². The molecule has 0 bridgehead atoms. The number of pyridine rings is 1. The molecule has 20 heavy (non-hydrogen) atoms. The molecule has 2 aromatic rings. The molecule has 0 aliphatic heterocycles. The SMILES string of the molecule is CCCNc1cc(-c2cccc(C)n2)nc(CCC)n1. The molecule has 0 fully saturated rings. The number of hydrogen-bond donors (Lipinski definition) is 1. The van der Waals surface area contributed by atoms with Crippen LogP contribution in [0.15, 0.2) is 24.3 Å². The Morgan fingerprint density at radius 2 is 1.85 bits per heavy atom. The first-order chi connectivity index (χ1) is 9.72. The summed E-state index contributed by atoms with van der Waals surface area (Å²) in [6.07, 6.45) is 3.00. The quantitative estimate of drug-likeness (QED) is 0.871. The molecule has 0 aliphatic rings. The van der Waals surface area contributed by atoms with E-state index in [4.69, 9.17) is 0 Å². The molecule has 2 heterocycles. The van der Waals surface area contributed by atoms with E-state index in [9.17, 15) is 0 Å². The fraction of sp³-hybridized carbons (Fsp3) is 0.438. The van der Waals surface area contributed by atoms with Crippen molar-refractivity contribution in [2.75, 3.05) is 11.9 Å². The maximum atomic E-state index is 4.63. The third-order valence-corrected chi connectivity index (χ3v) is 2.95. The molecule has 0 aromatic carbocycles. The second kappa shape index (κ2) is 6.98. The molecule has 0 spiro atoms. The third kappa shape index (κ3) is 3.76. The summed E-state index contributed by atoms with van der Waals surface area (Å²) in [6, 6.07) is 7.98. The Kier molecular flexibility index (Phi) is 5.04. The highest BCUT2D eigenvalue weighted by atomic mass is 15.0. The summed E-state index contributed by atoms with van der Waals surface area (Å²) in [7, 11) is 0. The molecule has 0 amide bonds. The zero-order valence-corrected chi connectivity index (χ0v) is 12.5. The van der Waals surface area contributed by atoms with Gasteiger partial charge in [-0.3, -0.25) is 4.98 Å². The predicted octanol–water partition coefficient (Wildman–Crippen LogP) is 3.62. The molecule has 106 valence electrons. The lowest BCUT2D eigenvalue weighted by Gasteiger charge is -2.09. The molecule has 0 aliphatic carbocycles. The fourth-order valence-electron chi connectivity index (χ4n) is 1.99. The number of nitrogens with zero attached hydrogens (tertiary/aromatic N) is 3. The Morgan fingerprint density at radius 1 is 1.00 bits per heavy atom. The topological polar surface area (TPSA) is 50.7 Å². The Balaban J connectivity index is 2.37. The smallest absolute Gasteiger partial charge is 0.131 e. The number of hydrogen-bond acceptors (Lipinski definition) is 4. The summed E-state index contributed by atoms with van der Waals surface area (Å²) < 4.78 is 0. The van der Waals surface area contributed by atoms with Crippen LogP contribution in [-0.4, -0.2) is 21.5 Å². The van der Waals surface area contributed by atoms with Crippen molar-refractivity contribution in [3.63, 3.8) is 0 Å². The highest BCUT2D eigenvalue weighted by Gasteiger charge is 2.07. The van der Waals surface area contributed by atoms with Crippen molar-refractivity contribution in [2.24, 2.45) is 0 Å². The number of aromatic nitrogens is 3. The zero-order chi connectivity index (χ0) is 14.4. The highest BCUT2D eigenvalue weighted by Crippen LogP contribution is 2.19. The van der Waals surface area contributed by atoms with Gasteiger partial charge in [-0.1, -0.05) is 19.9 Å². The van der Waals surface area contributed by atoms with Crippen LogP contribution in [0.1, 0.15) is 38.2 Å². The van der Waals surface area contributed by atoms with Crippen LogP contribution < -0.4 is 5.32 Å². The molecule has 4 heteroatoms. The van der Waals surface area contributed by atoms with Gasteiger partial charge in [-0.05, 0) is 31.9 Å². The van der Waals surface area contributed by atoms with Crippen molar-refractivity contribution in [2.45, 2.75) is 40.0 Å². The van der Waals surface area contributed by atoms with E-state index >= 15 is 0 Å². The van der Waals surface area contributed by atoms with Crippen molar-refractivity contribution in [1.82, 2.24) is 15.0 Å². The molecule has 1 N–H and O–H groups in total. The van der Waals surface area contributed by atoms with Gasteiger partial charge in [0.25, 0.3) is 0 Å². The van der Waals surface area contributed by atoms with Crippen molar-refractivity contribution in [3.05, 3.63) is 35.8 Å². The molecular formula is C16H22N4. The van der Waals surface area contributed by atoms with Crippen LogP contribution in [0.25, 0.3) is 11.4 Å². The standard InChI is InChI=1S/C16H22N4/c1-4-7-15-19-14(11-16(20-15)17-10-5-2)13-9-6-8-12(3)18-13/h6,8-9,11H,4-5,7,10H2,1-3H3,(H,17,19,20). The molecule has 2 rings (SSSR count). The number of rotatable bonds is 6. The zero-order valence-electron chi connectivity index (χ0n) is 12.5. The summed E-state index contributed by atoms with van der Waals surface area (Å²) >= 11 is 0. The average molecular weight is 270 g/mol. The molecule has 0 saturated heterocycles. The Bertz CT molecular complexity index is 566. The van der Waals surface area contributed by atoms with Crippen molar-refractivity contribution in [3.8, 4) is 11.4 Å². The van der Waals surface area contributed by atoms with Gasteiger partial charge in [0.2, 0.25) is 0 Å². The fourth-order valence-corrected chi connectivity index (χ4v) is 1.99. The van der Waals surface area contributed by atoms with Crippen LogP contribution in [0.4, 0.5) is 5.82 Å². The Hall–Kier alpha value is -1.97. The van der Waals surface area contributed by atoms with Gasteiger partial charge in [0.15, 0.2) is 0 Å².